The Hall–Kier alpha value is -8.35. The van der Waals surface area contributed by atoms with E-state index in [0.717, 1.165) is 74.9 Å². The van der Waals surface area contributed by atoms with Crippen molar-refractivity contribution in [1.82, 2.24) is 55.3 Å². The smallest absolute Gasteiger partial charge is 0.0931 e. The molecule has 12 heteroatoms. The molecule has 2 N–H and O–H groups in total. The topological polar surface area (TPSA) is 148 Å². The lowest BCUT2D eigenvalue weighted by molar-refractivity contribution is 0.736. The predicted octanol–water partition coefficient (Wildman–Crippen LogP) is 24.7. The highest BCUT2D eigenvalue weighted by Gasteiger charge is 1.91. The fraction of sp³-hybridized carbons (Fsp3) is 0.395. The Bertz CT molecular complexity index is 2680. The quantitative estimate of drug-likeness (QED) is 0.151. The lowest BCUT2D eigenvalue weighted by Gasteiger charge is -1.91. The van der Waals surface area contributed by atoms with E-state index in [9.17, 15) is 0 Å². The summed E-state index contributed by atoms with van der Waals surface area (Å²) in [6, 6.07) is 57.3. The zero-order chi connectivity index (χ0) is 70.7. The number of aromatic nitrogens is 11. The molecule has 7 heterocycles. The van der Waals surface area contributed by atoms with Crippen molar-refractivity contribution in [3.05, 3.63) is 250 Å². The van der Waals surface area contributed by atoms with Gasteiger partial charge in [-0.3, -0.25) is 25.0 Å². The van der Waals surface area contributed by atoms with Crippen LogP contribution in [-0.4, -0.2) is 55.3 Å². The molecule has 0 saturated carbocycles. The molecule has 0 spiro atoms. The molecule has 5 aromatic carbocycles. The monoisotopic (exact) mass is 1280 g/mol. The number of hydrogen-bond acceptors (Lipinski definition) is 10. The minimum atomic E-state index is 0.833. The third-order valence-corrected chi connectivity index (χ3v) is 8.42. The largest absolute Gasteiger partial charge is 0.345 e. The Morgan fingerprint density at radius 1 is 0.290 bits per heavy atom. The van der Waals surface area contributed by atoms with E-state index in [1.54, 1.807) is 67.2 Å². The van der Waals surface area contributed by atoms with Crippen LogP contribution in [0.4, 0.5) is 0 Å². The van der Waals surface area contributed by atoms with Gasteiger partial charge in [-0.05, 0) is 131 Å². The van der Waals surface area contributed by atoms with Crippen LogP contribution in [0, 0.1) is 47.3 Å². The molecule has 11 nitrogen and oxygen atoms in total. The number of H-pyrrole nitrogens is 2. The predicted molar refractivity (Wildman–Crippen MR) is 412 cm³/mol. The average molecular weight is 1280 g/mol. The standard InChI is InChI=1S/C9H7N.C8H6N2.C7H6N2.C7H5NS.C6H6.C5H5N.C4H4N2.8C4H10.C3H4N2/c1-2-4-9-7-10-6-5-8(9)3-1;1-2-4-8-7(3-1)9-5-6-10-8;2*1-2-4-7-6(3-1)8-5-9-7;3*1-2-4-6-5-3-1;8*1-4(2)3;1-2-4-5-3-1/h1-7H;1-6H;1-5H,(H,8,9);1-5H;1-6H;1-5H;1-4H;8*4H,1-3H3;1-3H,(H,4,5). The number of nitrogens with one attached hydrogen (secondary N) is 2. The maximum atomic E-state index is 4.14. The van der Waals surface area contributed by atoms with Gasteiger partial charge in [0.25, 0.3) is 0 Å². The number of para-hydroxylation sites is 5. The highest BCUT2D eigenvalue weighted by atomic mass is 32.1. The maximum Gasteiger partial charge on any atom is 0.0931 e. The lowest BCUT2D eigenvalue weighted by atomic mass is 10.2. The van der Waals surface area contributed by atoms with Gasteiger partial charge < -0.3 is 4.98 Å². The normalized spacial score (nSPS) is 9.20. The molecule has 0 aliphatic carbocycles. The number of imidazole rings is 1. The van der Waals surface area contributed by atoms with E-state index in [1.807, 2.05) is 176 Å². The summed E-state index contributed by atoms with van der Waals surface area (Å²) in [7, 11) is 0. The SMILES string of the molecule is CC(C)C.CC(C)C.CC(C)C.CC(C)C.CC(C)C.CC(C)C.CC(C)C.CC(C)C.c1ccc2[nH]cnc2c1.c1ccc2cnccc2c1.c1ccc2nccnc2c1.c1ccc2scnc2c1.c1ccccc1.c1ccncc1.c1ccnnc1.c1cn[nH]c1. The Morgan fingerprint density at radius 2 is 0.667 bits per heavy atom. The first-order chi connectivity index (χ1) is 44.2. The van der Waals surface area contributed by atoms with Gasteiger partial charge in [-0.1, -0.05) is 269 Å². The molecule has 0 saturated heterocycles. The van der Waals surface area contributed by atoms with Gasteiger partial charge >= 0.3 is 0 Å². The summed E-state index contributed by atoms with van der Waals surface area (Å²) in [6.07, 6.45) is 19.0. The number of benzene rings is 5. The van der Waals surface area contributed by atoms with Crippen LogP contribution in [0.3, 0.4) is 0 Å². The average Bonchev–Trinajstić information content (AvgIpc) is 2.51. The molecule has 0 atom stereocenters. The first-order valence-corrected chi connectivity index (χ1v) is 33.7. The molecular weight excluding hydrogens is 1160 g/mol. The molecule has 0 radical (unpaired) electrons. The second-order valence-electron chi connectivity index (χ2n) is 25.7. The first-order valence-electron chi connectivity index (χ1n) is 32.8. The van der Waals surface area contributed by atoms with Gasteiger partial charge in [0.2, 0.25) is 0 Å². The van der Waals surface area contributed by atoms with Crippen LogP contribution in [0.25, 0.3) is 43.1 Å². The third kappa shape index (κ3) is 77.8. The van der Waals surface area contributed by atoms with Crippen molar-refractivity contribution >= 4 is 54.4 Å². The van der Waals surface area contributed by atoms with E-state index in [1.165, 1.54) is 15.5 Å². The Kier molecular flexibility index (Phi) is 65.2. The van der Waals surface area contributed by atoms with Crippen molar-refractivity contribution < 1.29 is 0 Å². The zero-order valence-corrected chi connectivity index (χ0v) is 62.5. The van der Waals surface area contributed by atoms with Crippen molar-refractivity contribution in [1.29, 1.82) is 0 Å². The van der Waals surface area contributed by atoms with E-state index >= 15 is 0 Å². The molecule has 508 valence electrons. The second-order valence-corrected chi connectivity index (χ2v) is 26.6. The summed E-state index contributed by atoms with van der Waals surface area (Å²) in [6.45, 7) is 52.0. The van der Waals surface area contributed by atoms with Crippen LogP contribution in [0.1, 0.15) is 166 Å². The molecule has 7 aromatic heterocycles. The number of hydrogen-bond donors (Lipinski definition) is 2. The molecule has 93 heavy (non-hydrogen) atoms. The van der Waals surface area contributed by atoms with E-state index in [4.69, 9.17) is 0 Å². The van der Waals surface area contributed by atoms with Crippen molar-refractivity contribution in [2.45, 2.75) is 166 Å². The number of fused-ring (bicyclic) bond motifs is 4. The van der Waals surface area contributed by atoms with Gasteiger partial charge in [0.1, 0.15) is 0 Å². The van der Waals surface area contributed by atoms with Crippen LogP contribution >= 0.6 is 11.3 Å². The van der Waals surface area contributed by atoms with E-state index in [-0.39, 0.29) is 0 Å². The highest BCUT2D eigenvalue weighted by Crippen LogP contribution is 2.15. The number of nitrogens with zero attached hydrogens (tertiary/aromatic N) is 9. The van der Waals surface area contributed by atoms with Gasteiger partial charge in [-0.15, -0.1) is 11.3 Å². The fourth-order valence-electron chi connectivity index (χ4n) is 4.79. The van der Waals surface area contributed by atoms with Crippen LogP contribution in [-0.2, 0) is 0 Å². The molecule has 12 aromatic rings. The summed E-state index contributed by atoms with van der Waals surface area (Å²) < 4.78 is 1.26. The number of rotatable bonds is 0. The molecule has 12 rings (SSSR count). The highest BCUT2D eigenvalue weighted by molar-refractivity contribution is 7.16. The molecule has 0 aliphatic heterocycles. The van der Waals surface area contributed by atoms with E-state index < -0.39 is 0 Å². The van der Waals surface area contributed by atoms with Gasteiger partial charge in [-0.25, -0.2) is 9.97 Å². The molecular formula is C81H123N11S. The Labute approximate surface area is 569 Å². The van der Waals surface area contributed by atoms with Crippen molar-refractivity contribution in [3.8, 4) is 0 Å². The Morgan fingerprint density at radius 3 is 1.00 bits per heavy atom. The van der Waals surface area contributed by atoms with Gasteiger partial charge in [-0.2, -0.15) is 15.3 Å². The second kappa shape index (κ2) is 66.6. The number of thiazole rings is 1. The zero-order valence-electron chi connectivity index (χ0n) is 61.7. The summed E-state index contributed by atoms with van der Waals surface area (Å²) in [5.41, 5.74) is 6.98. The van der Waals surface area contributed by atoms with Crippen LogP contribution in [0.5, 0.6) is 0 Å². The first kappa shape index (κ1) is 91.1. The van der Waals surface area contributed by atoms with Crippen LogP contribution < -0.4 is 0 Å². The van der Waals surface area contributed by atoms with E-state index in [2.05, 4.69) is 240 Å². The number of aromatic amines is 2. The molecule has 0 unspecified atom stereocenters. The number of pyridine rings is 2. The van der Waals surface area contributed by atoms with Gasteiger partial charge in [0, 0.05) is 62.0 Å². The minimum absolute atomic E-state index is 0.833. The van der Waals surface area contributed by atoms with Crippen LogP contribution in [0.2, 0.25) is 0 Å². The van der Waals surface area contributed by atoms with Crippen molar-refractivity contribution in [3.63, 3.8) is 0 Å². The van der Waals surface area contributed by atoms with Crippen LogP contribution in [0.15, 0.2) is 250 Å². The summed E-state index contributed by atoms with van der Waals surface area (Å²) in [5, 5.41) is 15.7. The molecule has 0 bridgehead atoms. The molecule has 0 amide bonds. The fourth-order valence-corrected chi connectivity index (χ4v) is 5.46. The van der Waals surface area contributed by atoms with Gasteiger partial charge in [0.05, 0.1) is 44.1 Å². The van der Waals surface area contributed by atoms with Gasteiger partial charge in [0.15, 0.2) is 0 Å². The van der Waals surface area contributed by atoms with Crippen molar-refractivity contribution in [2.75, 3.05) is 0 Å². The maximum absolute atomic E-state index is 4.14. The summed E-state index contributed by atoms with van der Waals surface area (Å²) in [4.78, 5) is 27.2. The minimum Gasteiger partial charge on any atom is -0.345 e. The molecule has 0 fully saturated rings. The summed E-state index contributed by atoms with van der Waals surface area (Å²) >= 11 is 1.68. The lowest BCUT2D eigenvalue weighted by Crippen LogP contribution is -1.78. The summed E-state index contributed by atoms with van der Waals surface area (Å²) in [5.74, 6) is 6.67. The van der Waals surface area contributed by atoms with Crippen molar-refractivity contribution in [2.24, 2.45) is 47.3 Å². The van der Waals surface area contributed by atoms with E-state index in [0.29, 0.717) is 0 Å². The third-order valence-electron chi connectivity index (χ3n) is 7.61. The molecule has 0 aliphatic rings. The Balaban J connectivity index is -0.000000461.